The lowest BCUT2D eigenvalue weighted by Crippen LogP contribution is -2.47. The smallest absolute Gasteiger partial charge is 0.251 e. The van der Waals surface area contributed by atoms with Crippen molar-refractivity contribution in [3.8, 4) is 17.2 Å². The third-order valence-electron chi connectivity index (χ3n) is 6.02. The molecule has 0 radical (unpaired) electrons. The molecule has 1 aromatic heterocycles. The third-order valence-corrected chi connectivity index (χ3v) is 6.02. The van der Waals surface area contributed by atoms with E-state index in [0.717, 1.165) is 24.1 Å². The first-order valence-electron chi connectivity index (χ1n) is 11.1. The van der Waals surface area contributed by atoms with E-state index in [2.05, 4.69) is 5.32 Å². The average Bonchev–Trinajstić information content (AvgIpc) is 3.39. The maximum Gasteiger partial charge on any atom is 0.251 e. The van der Waals surface area contributed by atoms with Crippen molar-refractivity contribution in [1.82, 2.24) is 14.8 Å². The second kappa shape index (κ2) is 10.3. The summed E-state index contributed by atoms with van der Waals surface area (Å²) in [4.78, 5) is 27.3. The van der Waals surface area contributed by atoms with Gasteiger partial charge >= 0.3 is 0 Å². The molecule has 0 saturated carbocycles. The molecular weight excluding hydrogens is 418 g/mol. The van der Waals surface area contributed by atoms with Crippen LogP contribution in [-0.4, -0.2) is 54.6 Å². The highest BCUT2D eigenvalue weighted by Crippen LogP contribution is 2.28. The number of carbonyl (C=O) groups is 2. The molecule has 7 nitrogen and oxygen atoms in total. The van der Waals surface area contributed by atoms with Crippen molar-refractivity contribution in [1.29, 1.82) is 0 Å². The SMILES string of the molecule is COc1ccc(CC(=O)N2CCC(NC(=O)c3ccc(-n4cccc4)cc3)CC2)cc1OC. The standard InChI is InChI=1S/C26H29N3O4/c1-32-23-10-5-19(17-24(23)33-2)18-25(30)29-15-11-21(12-16-29)27-26(31)20-6-8-22(9-7-20)28-13-3-4-14-28/h3-10,13-14,17,21H,11-12,15-16,18H2,1-2H3,(H,27,31). The Labute approximate surface area is 193 Å². The van der Waals surface area contributed by atoms with E-state index in [4.69, 9.17) is 9.47 Å². The molecule has 7 heteroatoms. The van der Waals surface area contributed by atoms with Gasteiger partial charge in [0.05, 0.1) is 20.6 Å². The summed E-state index contributed by atoms with van der Waals surface area (Å²) in [6.45, 7) is 1.26. The minimum absolute atomic E-state index is 0.0618. The summed E-state index contributed by atoms with van der Waals surface area (Å²) in [6.07, 6.45) is 5.73. The van der Waals surface area contributed by atoms with E-state index in [-0.39, 0.29) is 17.9 Å². The Morgan fingerprint density at radius 2 is 1.61 bits per heavy atom. The number of benzene rings is 2. The lowest BCUT2D eigenvalue weighted by atomic mass is 10.0. The number of nitrogens with zero attached hydrogens (tertiary/aromatic N) is 2. The van der Waals surface area contributed by atoms with Crippen molar-refractivity contribution < 1.29 is 19.1 Å². The summed E-state index contributed by atoms with van der Waals surface area (Å²) in [6, 6.07) is 17.1. The van der Waals surface area contributed by atoms with Gasteiger partial charge in [0.1, 0.15) is 0 Å². The first-order chi connectivity index (χ1) is 16.1. The molecule has 4 rings (SSSR count). The van der Waals surface area contributed by atoms with Gasteiger partial charge in [-0.05, 0) is 66.9 Å². The zero-order chi connectivity index (χ0) is 23.2. The van der Waals surface area contributed by atoms with E-state index >= 15 is 0 Å². The molecule has 0 aliphatic carbocycles. The van der Waals surface area contributed by atoms with Gasteiger partial charge in [-0.1, -0.05) is 6.07 Å². The molecule has 0 spiro atoms. The number of rotatable bonds is 7. The molecular formula is C26H29N3O4. The van der Waals surface area contributed by atoms with E-state index in [0.29, 0.717) is 36.6 Å². The third kappa shape index (κ3) is 5.37. The maximum atomic E-state index is 12.8. The predicted molar refractivity (Wildman–Crippen MR) is 126 cm³/mol. The summed E-state index contributed by atoms with van der Waals surface area (Å²) in [5.74, 6) is 1.26. The predicted octanol–water partition coefficient (Wildman–Crippen LogP) is 3.46. The minimum Gasteiger partial charge on any atom is -0.493 e. The van der Waals surface area contributed by atoms with Crippen LogP contribution in [0.1, 0.15) is 28.8 Å². The molecule has 2 amide bonds. The maximum absolute atomic E-state index is 12.8. The number of hydrogen-bond acceptors (Lipinski definition) is 4. The molecule has 0 unspecified atom stereocenters. The van der Waals surface area contributed by atoms with Gasteiger partial charge in [0.15, 0.2) is 11.5 Å². The van der Waals surface area contributed by atoms with Crippen LogP contribution in [0, 0.1) is 0 Å². The molecule has 172 valence electrons. The lowest BCUT2D eigenvalue weighted by molar-refractivity contribution is -0.131. The Morgan fingerprint density at radius 1 is 0.939 bits per heavy atom. The Kier molecular flexibility index (Phi) is 6.98. The molecule has 0 atom stereocenters. The van der Waals surface area contributed by atoms with Gasteiger partial charge in [-0.3, -0.25) is 9.59 Å². The molecule has 0 bridgehead atoms. The van der Waals surface area contributed by atoms with Gasteiger partial charge in [-0.2, -0.15) is 0 Å². The van der Waals surface area contributed by atoms with Gasteiger partial charge in [-0.25, -0.2) is 0 Å². The van der Waals surface area contributed by atoms with Gasteiger partial charge in [-0.15, -0.1) is 0 Å². The quantitative estimate of drug-likeness (QED) is 0.602. The molecule has 2 aromatic carbocycles. The van der Waals surface area contributed by atoms with Crippen LogP contribution in [0.3, 0.4) is 0 Å². The van der Waals surface area contributed by atoms with Gasteiger partial charge in [0.25, 0.3) is 5.91 Å². The highest BCUT2D eigenvalue weighted by molar-refractivity contribution is 5.94. The van der Waals surface area contributed by atoms with Crippen LogP contribution in [0.2, 0.25) is 0 Å². The van der Waals surface area contributed by atoms with Crippen LogP contribution in [0.4, 0.5) is 0 Å². The molecule has 2 heterocycles. The van der Waals surface area contributed by atoms with Crippen molar-refractivity contribution in [3.05, 3.63) is 78.1 Å². The van der Waals surface area contributed by atoms with E-state index in [9.17, 15) is 9.59 Å². The molecule has 1 saturated heterocycles. The number of ether oxygens (including phenoxy) is 2. The first-order valence-corrected chi connectivity index (χ1v) is 11.1. The Balaban J connectivity index is 1.27. The molecule has 33 heavy (non-hydrogen) atoms. The van der Waals surface area contributed by atoms with Crippen LogP contribution < -0.4 is 14.8 Å². The molecule has 1 aliphatic heterocycles. The summed E-state index contributed by atoms with van der Waals surface area (Å²) < 4.78 is 12.6. The number of piperidine rings is 1. The number of nitrogens with one attached hydrogen (secondary N) is 1. The molecule has 1 aliphatic rings. The second-order valence-electron chi connectivity index (χ2n) is 8.13. The van der Waals surface area contributed by atoms with Crippen LogP contribution in [-0.2, 0) is 11.2 Å². The van der Waals surface area contributed by atoms with Crippen LogP contribution in [0.5, 0.6) is 11.5 Å². The number of aromatic nitrogens is 1. The zero-order valence-electron chi connectivity index (χ0n) is 19.0. The summed E-state index contributed by atoms with van der Waals surface area (Å²) in [5.41, 5.74) is 2.53. The normalized spacial score (nSPS) is 14.1. The van der Waals surface area contributed by atoms with Crippen molar-refractivity contribution in [2.75, 3.05) is 27.3 Å². The monoisotopic (exact) mass is 447 g/mol. The highest BCUT2D eigenvalue weighted by atomic mass is 16.5. The molecule has 3 aromatic rings. The van der Waals surface area contributed by atoms with Crippen LogP contribution in [0.15, 0.2) is 67.0 Å². The molecule has 1 fully saturated rings. The average molecular weight is 448 g/mol. The fourth-order valence-corrected chi connectivity index (χ4v) is 4.11. The number of likely N-dealkylation sites (tertiary alicyclic amines) is 1. The zero-order valence-corrected chi connectivity index (χ0v) is 19.0. The van der Waals surface area contributed by atoms with Crippen LogP contribution in [0.25, 0.3) is 5.69 Å². The van der Waals surface area contributed by atoms with E-state index in [1.807, 2.05) is 76.5 Å². The summed E-state index contributed by atoms with van der Waals surface area (Å²) in [5, 5.41) is 3.11. The van der Waals surface area contributed by atoms with Gasteiger partial charge < -0.3 is 24.3 Å². The Bertz CT molecular complexity index is 1090. The minimum atomic E-state index is -0.0795. The summed E-state index contributed by atoms with van der Waals surface area (Å²) >= 11 is 0. The Morgan fingerprint density at radius 3 is 2.24 bits per heavy atom. The number of carbonyl (C=O) groups excluding carboxylic acids is 2. The molecule has 1 N–H and O–H groups in total. The highest BCUT2D eigenvalue weighted by Gasteiger charge is 2.24. The summed E-state index contributed by atoms with van der Waals surface area (Å²) in [7, 11) is 3.17. The van der Waals surface area contributed by atoms with Crippen molar-refractivity contribution in [3.63, 3.8) is 0 Å². The number of amides is 2. The fraction of sp³-hybridized carbons (Fsp3) is 0.308. The lowest BCUT2D eigenvalue weighted by Gasteiger charge is -2.32. The van der Waals surface area contributed by atoms with Crippen molar-refractivity contribution >= 4 is 11.8 Å². The number of hydrogen-bond donors (Lipinski definition) is 1. The van der Waals surface area contributed by atoms with Gasteiger partial charge in [0, 0.05) is 42.8 Å². The van der Waals surface area contributed by atoms with Crippen molar-refractivity contribution in [2.45, 2.75) is 25.3 Å². The van der Waals surface area contributed by atoms with Crippen LogP contribution >= 0.6 is 0 Å². The van der Waals surface area contributed by atoms with E-state index in [1.54, 1.807) is 14.2 Å². The van der Waals surface area contributed by atoms with Gasteiger partial charge in [0.2, 0.25) is 5.91 Å². The van der Waals surface area contributed by atoms with E-state index in [1.165, 1.54) is 0 Å². The first kappa shape index (κ1) is 22.5. The second-order valence-corrected chi connectivity index (χ2v) is 8.13. The largest absolute Gasteiger partial charge is 0.493 e. The fourth-order valence-electron chi connectivity index (χ4n) is 4.11. The van der Waals surface area contributed by atoms with Crippen molar-refractivity contribution in [2.24, 2.45) is 0 Å². The van der Waals surface area contributed by atoms with E-state index < -0.39 is 0 Å². The number of methoxy groups -OCH3 is 2. The topological polar surface area (TPSA) is 72.8 Å². The Hall–Kier alpha value is -3.74.